The van der Waals surface area contributed by atoms with Gasteiger partial charge in [0.2, 0.25) is 0 Å². The van der Waals surface area contributed by atoms with Gasteiger partial charge in [0.25, 0.3) is 17.6 Å². The lowest BCUT2D eigenvalue weighted by molar-refractivity contribution is 0.0303. The van der Waals surface area contributed by atoms with Crippen LogP contribution in [0.4, 0.5) is 11.5 Å². The van der Waals surface area contributed by atoms with E-state index in [9.17, 15) is 4.79 Å². The molecule has 1 aliphatic carbocycles. The zero-order valence-electron chi connectivity index (χ0n) is 17.7. The summed E-state index contributed by atoms with van der Waals surface area (Å²) in [5.74, 6) is 3.29. The van der Waals surface area contributed by atoms with E-state index in [2.05, 4.69) is 37.7 Å². The summed E-state index contributed by atoms with van der Waals surface area (Å²) in [4.78, 5) is 23.3. The van der Waals surface area contributed by atoms with Crippen molar-refractivity contribution in [2.75, 3.05) is 43.1 Å². The van der Waals surface area contributed by atoms with Crippen LogP contribution in [0.5, 0.6) is 0 Å². The largest absolute Gasteiger partial charge is 0.378 e. The fraction of sp³-hybridized carbons (Fsp3) is 0.348. The lowest BCUT2D eigenvalue weighted by Gasteiger charge is -2.27. The molecule has 1 saturated carbocycles. The van der Waals surface area contributed by atoms with Gasteiger partial charge in [0.15, 0.2) is 12.0 Å². The first-order valence-electron chi connectivity index (χ1n) is 11.0. The molecular weight excluding hydrogens is 406 g/mol. The van der Waals surface area contributed by atoms with E-state index < -0.39 is 0 Å². The number of nitrogens with zero attached hydrogens (tertiary/aromatic N) is 5. The molecule has 1 amide bonds. The van der Waals surface area contributed by atoms with Crippen molar-refractivity contribution in [2.24, 2.45) is 4.99 Å². The third kappa shape index (κ3) is 3.69. The quantitative estimate of drug-likeness (QED) is 0.710. The Kier molecular flexibility index (Phi) is 4.77. The summed E-state index contributed by atoms with van der Waals surface area (Å²) in [6.07, 6.45) is 8.27. The van der Waals surface area contributed by atoms with Crippen molar-refractivity contribution >= 4 is 23.2 Å². The fourth-order valence-corrected chi connectivity index (χ4v) is 4.22. The maximum Gasteiger partial charge on any atom is 0.284 e. The summed E-state index contributed by atoms with van der Waals surface area (Å²) in [5.41, 5.74) is 2.88. The molecule has 1 aromatic heterocycles. The highest BCUT2D eigenvalue weighted by Crippen LogP contribution is 2.39. The molecule has 0 spiro atoms. The Balaban J connectivity index is 1.22. The third-order valence-electron chi connectivity index (χ3n) is 6.18. The van der Waals surface area contributed by atoms with Crippen LogP contribution >= 0.6 is 0 Å². The number of rotatable bonds is 5. The Hall–Kier alpha value is -3.43. The molecule has 0 bridgehead atoms. The molecular formula is C23H25N7O2+. The van der Waals surface area contributed by atoms with Gasteiger partial charge in [0, 0.05) is 42.0 Å². The number of ether oxygens (including phenoxy) is 1. The first kappa shape index (κ1) is 19.3. The number of carbonyl (C=O) groups is 1. The summed E-state index contributed by atoms with van der Waals surface area (Å²) >= 11 is 0. The van der Waals surface area contributed by atoms with Gasteiger partial charge in [-0.05, 0) is 42.0 Å². The highest BCUT2D eigenvalue weighted by atomic mass is 16.5. The number of aromatic nitrogens is 2. The van der Waals surface area contributed by atoms with Crippen molar-refractivity contribution in [3.8, 4) is 0 Å². The summed E-state index contributed by atoms with van der Waals surface area (Å²) in [7, 11) is 0. The molecule has 9 heteroatoms. The molecule has 2 N–H and O–H groups in total. The van der Waals surface area contributed by atoms with Gasteiger partial charge in [0.1, 0.15) is 6.54 Å². The van der Waals surface area contributed by atoms with Gasteiger partial charge in [-0.2, -0.15) is 10.1 Å². The number of aliphatic imine (C=N–C) groups is 1. The van der Waals surface area contributed by atoms with Crippen LogP contribution in [-0.2, 0) is 4.74 Å². The fourth-order valence-electron chi connectivity index (χ4n) is 4.22. The normalized spacial score (nSPS) is 20.8. The van der Waals surface area contributed by atoms with E-state index >= 15 is 0 Å². The number of amidine groups is 1. The van der Waals surface area contributed by atoms with Crippen LogP contribution in [-0.4, -0.2) is 59.7 Å². The van der Waals surface area contributed by atoms with Crippen molar-refractivity contribution < 1.29 is 9.53 Å². The maximum absolute atomic E-state index is 12.7. The van der Waals surface area contributed by atoms with Crippen molar-refractivity contribution in [3.05, 3.63) is 66.0 Å². The summed E-state index contributed by atoms with van der Waals surface area (Å²) in [6, 6.07) is 9.84. The number of fused-ring (bicyclic) bond motifs is 1. The van der Waals surface area contributed by atoms with Crippen LogP contribution in [0.1, 0.15) is 34.8 Å². The average molecular weight is 432 g/mol. The molecule has 4 heterocycles. The van der Waals surface area contributed by atoms with Crippen LogP contribution < -0.4 is 15.1 Å². The predicted molar refractivity (Wildman–Crippen MR) is 121 cm³/mol. The molecule has 1 radical (unpaired) electrons. The van der Waals surface area contributed by atoms with Crippen LogP contribution in [0.3, 0.4) is 0 Å². The molecule has 0 atom stereocenters. The second kappa shape index (κ2) is 7.92. The van der Waals surface area contributed by atoms with Gasteiger partial charge in [-0.15, -0.1) is 0 Å². The molecule has 2 fully saturated rings. The van der Waals surface area contributed by atoms with Crippen LogP contribution in [0.2, 0.25) is 0 Å². The van der Waals surface area contributed by atoms with Crippen LogP contribution in [0.25, 0.3) is 0 Å². The number of nitrogens with one attached hydrogen (secondary N) is 2. The number of amides is 1. The molecule has 3 aliphatic heterocycles. The predicted octanol–water partition coefficient (Wildman–Crippen LogP) is 2.51. The Morgan fingerprint density at radius 2 is 2.00 bits per heavy atom. The number of anilines is 2. The average Bonchev–Trinajstić information content (AvgIpc) is 3.39. The monoisotopic (exact) mass is 431 g/mol. The number of morpholine rings is 1. The number of aromatic amines is 1. The summed E-state index contributed by atoms with van der Waals surface area (Å²) in [5, 5.41) is 11.0. The van der Waals surface area contributed by atoms with E-state index in [1.807, 2.05) is 40.3 Å². The maximum atomic E-state index is 12.7. The first-order valence-corrected chi connectivity index (χ1v) is 11.0. The Morgan fingerprint density at radius 1 is 1.19 bits per heavy atom. The van der Waals surface area contributed by atoms with Crippen molar-refractivity contribution in [1.29, 1.82) is 0 Å². The lowest BCUT2D eigenvalue weighted by atomic mass is 10.1. The van der Waals surface area contributed by atoms with Crippen molar-refractivity contribution in [3.63, 3.8) is 0 Å². The molecule has 1 aromatic carbocycles. The topological polar surface area (TPSA) is 91.8 Å². The zero-order chi connectivity index (χ0) is 21.5. The minimum atomic E-state index is 0.0527. The second-order valence-corrected chi connectivity index (χ2v) is 8.41. The first-order chi connectivity index (χ1) is 15.7. The number of H-pyrrole nitrogens is 1. The minimum Gasteiger partial charge on any atom is -0.378 e. The number of hydrogen-bond donors (Lipinski definition) is 2. The molecule has 1 saturated heterocycles. The second-order valence-electron chi connectivity index (χ2n) is 8.41. The zero-order valence-corrected chi connectivity index (χ0v) is 17.7. The number of hydrogen-bond acceptors (Lipinski definition) is 7. The van der Waals surface area contributed by atoms with E-state index in [0.29, 0.717) is 44.3 Å². The van der Waals surface area contributed by atoms with Crippen molar-refractivity contribution in [1.82, 2.24) is 20.0 Å². The summed E-state index contributed by atoms with van der Waals surface area (Å²) in [6.45, 7) is 3.13. The molecule has 32 heavy (non-hydrogen) atoms. The van der Waals surface area contributed by atoms with E-state index in [4.69, 9.17) is 4.74 Å². The molecule has 4 aliphatic rings. The van der Waals surface area contributed by atoms with E-state index in [-0.39, 0.29) is 5.91 Å². The van der Waals surface area contributed by atoms with Gasteiger partial charge >= 0.3 is 0 Å². The van der Waals surface area contributed by atoms with Crippen LogP contribution in [0, 0.1) is 0 Å². The van der Waals surface area contributed by atoms with E-state index in [0.717, 1.165) is 23.2 Å². The number of carbonyl (C=O) groups excluding carboxylic acids is 1. The van der Waals surface area contributed by atoms with Crippen molar-refractivity contribution in [2.45, 2.75) is 18.8 Å². The van der Waals surface area contributed by atoms with Gasteiger partial charge in [-0.3, -0.25) is 15.2 Å². The smallest absolute Gasteiger partial charge is 0.284 e. The Bertz CT molecular complexity index is 1110. The SMILES string of the molecule is O=C(c1ccc(N2C=C(Nc3cc(C4CC4)[nH]n3)[N+]3C=CN=C3C2)cc1)N1CCOCC1. The molecule has 163 valence electrons. The van der Waals surface area contributed by atoms with E-state index in [1.54, 1.807) is 6.20 Å². The summed E-state index contributed by atoms with van der Waals surface area (Å²) < 4.78 is 5.35. The highest BCUT2D eigenvalue weighted by Gasteiger charge is 2.38. The molecule has 6 rings (SSSR count). The van der Waals surface area contributed by atoms with E-state index in [1.165, 1.54) is 18.5 Å². The van der Waals surface area contributed by atoms with Crippen LogP contribution in [0.15, 0.2) is 59.7 Å². The molecule has 0 unspecified atom stereocenters. The lowest BCUT2D eigenvalue weighted by Crippen LogP contribution is -2.45. The van der Waals surface area contributed by atoms with Gasteiger partial charge in [-0.1, -0.05) is 0 Å². The molecule has 9 nitrogen and oxygen atoms in total. The standard InChI is InChI=1S/C23H25N7O2/c31-23(28-9-11-32-12-10-28)17-3-5-18(6-4-17)29-14-21-24-7-8-30(21)22(15-29)25-20-13-19(26-27-20)16-1-2-16/h3-8,13,15-16H,1-2,9-12,14H2,(H2,25,26,27)/q+1. The molecule has 2 aromatic rings. The third-order valence-corrected chi connectivity index (χ3v) is 6.18. The number of benzene rings is 1. The Labute approximate surface area is 186 Å². The highest BCUT2D eigenvalue weighted by molar-refractivity contribution is 5.97. The van der Waals surface area contributed by atoms with Gasteiger partial charge in [0.05, 0.1) is 25.6 Å². The Morgan fingerprint density at radius 3 is 2.78 bits per heavy atom. The van der Waals surface area contributed by atoms with Gasteiger partial charge < -0.3 is 14.5 Å². The minimum absolute atomic E-state index is 0.0527. The van der Waals surface area contributed by atoms with Gasteiger partial charge in [-0.25, -0.2) is 0 Å².